The molecular formula is C24H30N6O5S2. The number of nitrogens with one attached hydrogen (secondary N) is 1. The van der Waals surface area contributed by atoms with Crippen molar-refractivity contribution < 1.29 is 22.7 Å². The number of carbonyl (C=O) groups is 2. The van der Waals surface area contributed by atoms with Crippen molar-refractivity contribution in [3.8, 4) is 0 Å². The number of nitrogens with zero attached hydrogens (tertiary/aromatic N) is 4. The number of ether oxygens (including phenoxy) is 1. The Morgan fingerprint density at radius 2 is 1.84 bits per heavy atom. The molecule has 1 aliphatic heterocycles. The summed E-state index contributed by atoms with van der Waals surface area (Å²) < 4.78 is 32.5. The molecule has 1 aromatic carbocycles. The maximum absolute atomic E-state index is 13.2. The van der Waals surface area contributed by atoms with E-state index in [-0.39, 0.29) is 28.8 Å². The number of hydrogen-bond donors (Lipinski definition) is 2. The number of thiophene rings is 1. The molecule has 0 aliphatic carbocycles. The van der Waals surface area contributed by atoms with Crippen molar-refractivity contribution in [3.63, 3.8) is 0 Å². The predicted molar refractivity (Wildman–Crippen MR) is 141 cm³/mol. The summed E-state index contributed by atoms with van der Waals surface area (Å²) in [7, 11) is -2.61. The Kier molecular flexibility index (Phi) is 8.07. The highest BCUT2D eigenvalue weighted by atomic mass is 32.2. The lowest BCUT2D eigenvalue weighted by Gasteiger charge is -2.33. The van der Waals surface area contributed by atoms with Crippen LogP contribution in [-0.4, -0.2) is 78.8 Å². The fourth-order valence-corrected chi connectivity index (χ4v) is 6.96. The molecule has 0 radical (unpaired) electrons. The minimum absolute atomic E-state index is 0.0273. The van der Waals surface area contributed by atoms with Crippen molar-refractivity contribution in [2.45, 2.75) is 31.3 Å². The smallest absolute Gasteiger partial charge is 0.349 e. The summed E-state index contributed by atoms with van der Waals surface area (Å²) in [6, 6.07) is 8.37. The molecule has 13 heteroatoms. The van der Waals surface area contributed by atoms with Crippen LogP contribution in [0.5, 0.6) is 0 Å². The second kappa shape index (κ2) is 11.1. The second-order valence-corrected chi connectivity index (χ2v) is 11.9. The molecule has 1 atom stereocenters. The minimum Gasteiger partial charge on any atom is -0.465 e. The summed E-state index contributed by atoms with van der Waals surface area (Å²) in [5, 5.41) is 5.54. The maximum Gasteiger partial charge on any atom is 0.349 e. The highest BCUT2D eigenvalue weighted by Gasteiger charge is 2.33. The number of nitrogens with two attached hydrogens (primary N) is 1. The van der Waals surface area contributed by atoms with Crippen molar-refractivity contribution in [1.29, 1.82) is 0 Å². The summed E-state index contributed by atoms with van der Waals surface area (Å²) in [5.41, 5.74) is 6.33. The number of methoxy groups -OCH3 is 1. The number of anilines is 1. The third-order valence-corrected chi connectivity index (χ3v) is 9.19. The average molecular weight is 547 g/mol. The third kappa shape index (κ3) is 5.74. The summed E-state index contributed by atoms with van der Waals surface area (Å²) in [4.78, 5) is 35.5. The topological polar surface area (TPSA) is 148 Å². The van der Waals surface area contributed by atoms with Crippen molar-refractivity contribution >= 4 is 50.0 Å². The molecule has 37 heavy (non-hydrogen) atoms. The van der Waals surface area contributed by atoms with Gasteiger partial charge in [0.2, 0.25) is 15.9 Å². The first-order chi connectivity index (χ1) is 17.6. The minimum atomic E-state index is -3.83. The first-order valence-electron chi connectivity index (χ1n) is 11.8. The Morgan fingerprint density at radius 1 is 1.14 bits per heavy atom. The normalized spacial score (nSPS) is 16.1. The van der Waals surface area contributed by atoms with Gasteiger partial charge in [-0.25, -0.2) is 23.2 Å². The number of primary amides is 1. The molecule has 0 spiro atoms. The number of fused-ring (bicyclic) bond motifs is 1. The molecule has 0 bridgehead atoms. The van der Waals surface area contributed by atoms with E-state index in [0.717, 1.165) is 22.2 Å². The number of carbonyl (C=O) groups excluding carboxylic acids is 2. The van der Waals surface area contributed by atoms with Crippen LogP contribution in [0.15, 0.2) is 40.6 Å². The fourth-order valence-electron chi connectivity index (χ4n) is 4.23. The van der Waals surface area contributed by atoms with Crippen LogP contribution in [0.4, 0.5) is 5.82 Å². The number of aromatic nitrogens is 2. The van der Waals surface area contributed by atoms with Crippen LogP contribution in [0.3, 0.4) is 0 Å². The van der Waals surface area contributed by atoms with E-state index in [1.165, 1.54) is 17.5 Å². The molecule has 198 valence electrons. The van der Waals surface area contributed by atoms with Gasteiger partial charge in [-0.2, -0.15) is 4.31 Å². The molecule has 0 unspecified atom stereocenters. The monoisotopic (exact) mass is 546 g/mol. The van der Waals surface area contributed by atoms with Crippen LogP contribution < -0.4 is 11.1 Å². The van der Waals surface area contributed by atoms with Crippen molar-refractivity contribution in [2.75, 3.05) is 38.6 Å². The van der Waals surface area contributed by atoms with Crippen LogP contribution in [0.2, 0.25) is 0 Å². The van der Waals surface area contributed by atoms with Crippen LogP contribution in [0.25, 0.3) is 10.9 Å². The third-order valence-electron chi connectivity index (χ3n) is 6.23. The van der Waals surface area contributed by atoms with Gasteiger partial charge in [0.25, 0.3) is 0 Å². The summed E-state index contributed by atoms with van der Waals surface area (Å²) in [6.07, 6.45) is 0. The number of sulfonamides is 1. The quantitative estimate of drug-likeness (QED) is 0.384. The lowest BCUT2D eigenvalue weighted by atomic mass is 10.0. The summed E-state index contributed by atoms with van der Waals surface area (Å²) in [6.45, 7) is 5.66. The highest BCUT2D eigenvalue weighted by molar-refractivity contribution is 7.89. The Labute approximate surface area is 219 Å². The number of esters is 1. The molecule has 3 aromatic rings. The zero-order valence-corrected chi connectivity index (χ0v) is 22.5. The maximum atomic E-state index is 13.2. The Bertz CT molecular complexity index is 1400. The van der Waals surface area contributed by atoms with Crippen molar-refractivity contribution in [3.05, 3.63) is 46.4 Å². The van der Waals surface area contributed by atoms with E-state index in [4.69, 9.17) is 15.5 Å². The van der Waals surface area contributed by atoms with Crippen LogP contribution in [0, 0.1) is 5.92 Å². The van der Waals surface area contributed by atoms with E-state index in [1.807, 2.05) is 38.1 Å². The van der Waals surface area contributed by atoms with Gasteiger partial charge >= 0.3 is 5.97 Å². The van der Waals surface area contributed by atoms with Gasteiger partial charge in [-0.05, 0) is 29.5 Å². The molecule has 11 nitrogen and oxygen atoms in total. The van der Waals surface area contributed by atoms with Gasteiger partial charge in [0.15, 0.2) is 0 Å². The highest BCUT2D eigenvalue weighted by Crippen LogP contribution is 2.27. The van der Waals surface area contributed by atoms with Crippen LogP contribution in [0.1, 0.15) is 29.3 Å². The van der Waals surface area contributed by atoms with Crippen LogP contribution >= 0.6 is 11.3 Å². The Morgan fingerprint density at radius 3 is 2.49 bits per heavy atom. The van der Waals surface area contributed by atoms with Gasteiger partial charge in [-0.1, -0.05) is 26.0 Å². The molecule has 0 saturated carbocycles. The number of hydrogen-bond acceptors (Lipinski definition) is 10. The van der Waals surface area contributed by atoms with Gasteiger partial charge < -0.3 is 15.8 Å². The van der Waals surface area contributed by atoms with E-state index in [1.54, 1.807) is 5.38 Å². The van der Waals surface area contributed by atoms with E-state index in [9.17, 15) is 18.0 Å². The molecule has 1 saturated heterocycles. The van der Waals surface area contributed by atoms with E-state index in [2.05, 4.69) is 15.2 Å². The lowest BCUT2D eigenvalue weighted by molar-refractivity contribution is -0.119. The Hall–Kier alpha value is -3.13. The number of amides is 1. The first kappa shape index (κ1) is 26.9. The fraction of sp³-hybridized carbons (Fsp3) is 0.417. The average Bonchev–Trinajstić information content (AvgIpc) is 3.38. The number of piperazine rings is 1. The molecule has 3 heterocycles. The molecule has 1 amide bonds. The van der Waals surface area contributed by atoms with E-state index in [0.29, 0.717) is 31.3 Å². The standard InChI is InChI=1S/C24H30N6O5S2/c1-15(2)20(22(25)31)28-23-16-6-4-5-7-17(16)26-19(27-23)14-29-9-11-30(12-10-29)37(33,34)18-8-13-36-21(18)24(32)35-3/h4-8,13,15,20H,9-12,14H2,1-3H3,(H2,25,31)(H,26,27,28)/t20-/m0/s1. The summed E-state index contributed by atoms with van der Waals surface area (Å²) in [5.74, 6) is -0.0753. The SMILES string of the molecule is COC(=O)c1sccc1S(=O)(=O)N1CCN(Cc2nc(N[C@H](C(N)=O)C(C)C)c3ccccc3n2)CC1. The predicted octanol–water partition coefficient (Wildman–Crippen LogP) is 1.91. The van der Waals surface area contributed by atoms with Gasteiger partial charge in [-0.3, -0.25) is 9.69 Å². The number of benzene rings is 1. The van der Waals surface area contributed by atoms with Crippen LogP contribution in [-0.2, 0) is 26.1 Å². The second-order valence-electron chi connectivity index (χ2n) is 9.06. The molecule has 1 aliphatic rings. The zero-order chi connectivity index (χ0) is 26.7. The molecule has 4 rings (SSSR count). The zero-order valence-electron chi connectivity index (χ0n) is 20.9. The van der Waals surface area contributed by atoms with Crippen molar-refractivity contribution in [1.82, 2.24) is 19.2 Å². The van der Waals surface area contributed by atoms with E-state index >= 15 is 0 Å². The summed E-state index contributed by atoms with van der Waals surface area (Å²) >= 11 is 1.04. The molecule has 3 N–H and O–H groups in total. The molecule has 2 aromatic heterocycles. The number of rotatable bonds is 9. The van der Waals surface area contributed by atoms with Crippen molar-refractivity contribution in [2.24, 2.45) is 11.7 Å². The van der Waals surface area contributed by atoms with Gasteiger partial charge in [0, 0.05) is 31.6 Å². The largest absolute Gasteiger partial charge is 0.465 e. The van der Waals surface area contributed by atoms with Gasteiger partial charge in [-0.15, -0.1) is 11.3 Å². The molecule has 1 fully saturated rings. The lowest BCUT2D eigenvalue weighted by Crippen LogP contribution is -2.48. The Balaban J connectivity index is 1.50. The van der Waals surface area contributed by atoms with E-state index < -0.39 is 27.9 Å². The molecular weight excluding hydrogens is 516 g/mol. The number of para-hydroxylation sites is 1. The van der Waals surface area contributed by atoms with Gasteiger partial charge in [0.05, 0.1) is 19.2 Å². The van der Waals surface area contributed by atoms with Gasteiger partial charge in [0.1, 0.15) is 27.5 Å². The first-order valence-corrected chi connectivity index (χ1v) is 14.1.